The molecule has 166 valence electrons. The van der Waals surface area contributed by atoms with Crippen LogP contribution in [0, 0.1) is 13.8 Å². The maximum Gasteiger partial charge on any atom is 0.266 e. The van der Waals surface area contributed by atoms with E-state index in [1.807, 2.05) is 74.5 Å². The Hall–Kier alpha value is -4.03. The zero-order valence-electron chi connectivity index (χ0n) is 18.9. The van der Waals surface area contributed by atoms with Gasteiger partial charge in [-0.15, -0.1) is 11.3 Å². The highest BCUT2D eigenvalue weighted by atomic mass is 32.1. The molecule has 0 aliphatic rings. The molecule has 6 aromatic rings. The molecular weight excluding hydrogens is 444 g/mol. The number of ether oxygens (including phenoxy) is 1. The van der Waals surface area contributed by atoms with Crippen LogP contribution in [-0.4, -0.2) is 16.5 Å². The smallest absolute Gasteiger partial charge is 0.266 e. The third-order valence-electron chi connectivity index (χ3n) is 6.26. The van der Waals surface area contributed by atoms with Gasteiger partial charge in [0.1, 0.15) is 11.4 Å². The second-order valence-electron chi connectivity index (χ2n) is 8.52. The van der Waals surface area contributed by atoms with Gasteiger partial charge in [-0.1, -0.05) is 18.2 Å². The van der Waals surface area contributed by atoms with Crippen LogP contribution in [0.25, 0.3) is 47.8 Å². The molecule has 3 heterocycles. The van der Waals surface area contributed by atoms with Crippen molar-refractivity contribution in [2.24, 2.45) is 0 Å². The summed E-state index contributed by atoms with van der Waals surface area (Å²) in [5, 5.41) is 1.76. The molecule has 34 heavy (non-hydrogen) atoms. The van der Waals surface area contributed by atoms with E-state index in [0.29, 0.717) is 27.3 Å². The fourth-order valence-corrected chi connectivity index (χ4v) is 5.72. The molecule has 0 saturated carbocycles. The Balaban J connectivity index is 1.63. The molecule has 0 N–H and O–H groups in total. The highest BCUT2D eigenvalue weighted by Crippen LogP contribution is 2.31. The normalized spacial score (nSPS) is 11.6. The lowest BCUT2D eigenvalue weighted by atomic mass is 10.0. The Morgan fingerprint density at radius 3 is 2.29 bits per heavy atom. The van der Waals surface area contributed by atoms with Crippen LogP contribution in [0.2, 0.25) is 0 Å². The summed E-state index contributed by atoms with van der Waals surface area (Å²) in [6.07, 6.45) is 0. The first kappa shape index (κ1) is 20.6. The first-order valence-electron chi connectivity index (χ1n) is 10.9. The van der Waals surface area contributed by atoms with Crippen molar-refractivity contribution in [3.05, 3.63) is 98.6 Å². The van der Waals surface area contributed by atoms with Crippen LogP contribution in [0.5, 0.6) is 5.75 Å². The summed E-state index contributed by atoms with van der Waals surface area (Å²) in [5.74, 6) is 0.796. The minimum Gasteiger partial charge on any atom is -0.497 e. The van der Waals surface area contributed by atoms with Crippen LogP contribution in [0.4, 0.5) is 0 Å². The number of rotatable bonds is 2. The van der Waals surface area contributed by atoms with E-state index in [9.17, 15) is 9.59 Å². The van der Waals surface area contributed by atoms with Gasteiger partial charge in [-0.25, -0.2) is 4.98 Å². The third kappa shape index (κ3) is 3.10. The van der Waals surface area contributed by atoms with Gasteiger partial charge in [-0.05, 0) is 79.1 Å². The number of hydrogen-bond acceptors (Lipinski definition) is 5. The van der Waals surface area contributed by atoms with Gasteiger partial charge >= 0.3 is 0 Å². The van der Waals surface area contributed by atoms with Crippen LogP contribution >= 0.6 is 11.3 Å². The number of pyridine rings is 1. The highest BCUT2D eigenvalue weighted by Gasteiger charge is 2.13. The molecule has 5 nitrogen and oxygen atoms in total. The van der Waals surface area contributed by atoms with E-state index in [-0.39, 0.29) is 11.0 Å². The van der Waals surface area contributed by atoms with Gasteiger partial charge < -0.3 is 4.74 Å². The summed E-state index contributed by atoms with van der Waals surface area (Å²) in [7, 11) is 1.64. The number of hydrogen-bond donors (Lipinski definition) is 0. The second-order valence-corrected chi connectivity index (χ2v) is 9.60. The molecular formula is C28H20N2O3S. The van der Waals surface area contributed by atoms with Gasteiger partial charge in [0, 0.05) is 25.9 Å². The SMILES string of the molecule is COc1ccc(-c2ccc3c(=O)c4cc5nc6cc(C)cc(C)n6c(=O)c5cc4sc3c2)cc1. The first-order valence-corrected chi connectivity index (χ1v) is 11.7. The number of methoxy groups -OCH3 is 1. The summed E-state index contributed by atoms with van der Waals surface area (Å²) in [6, 6.07) is 21.2. The van der Waals surface area contributed by atoms with E-state index in [4.69, 9.17) is 9.72 Å². The van der Waals surface area contributed by atoms with E-state index in [2.05, 4.69) is 0 Å². The summed E-state index contributed by atoms with van der Waals surface area (Å²) in [5.41, 5.74) is 4.91. The molecule has 0 saturated heterocycles. The van der Waals surface area contributed by atoms with Gasteiger partial charge in [0.15, 0.2) is 5.43 Å². The zero-order chi connectivity index (χ0) is 23.6. The molecule has 0 unspecified atom stereocenters. The Morgan fingerprint density at radius 1 is 0.794 bits per heavy atom. The lowest BCUT2D eigenvalue weighted by Crippen LogP contribution is -2.18. The molecule has 6 rings (SSSR count). The quantitative estimate of drug-likeness (QED) is 0.301. The Morgan fingerprint density at radius 2 is 1.53 bits per heavy atom. The molecule has 3 aromatic carbocycles. The van der Waals surface area contributed by atoms with E-state index >= 15 is 0 Å². The first-order chi connectivity index (χ1) is 16.4. The Bertz CT molecular complexity index is 1900. The molecule has 0 atom stereocenters. The molecule has 0 spiro atoms. The lowest BCUT2D eigenvalue weighted by Gasteiger charge is -2.09. The van der Waals surface area contributed by atoms with E-state index < -0.39 is 0 Å². The van der Waals surface area contributed by atoms with Crippen LogP contribution in [0.3, 0.4) is 0 Å². The Kier molecular flexibility index (Phi) is 4.54. The van der Waals surface area contributed by atoms with Crippen molar-refractivity contribution < 1.29 is 4.74 Å². The summed E-state index contributed by atoms with van der Waals surface area (Å²) < 4.78 is 8.54. The summed E-state index contributed by atoms with van der Waals surface area (Å²) >= 11 is 1.52. The third-order valence-corrected chi connectivity index (χ3v) is 7.37. The average molecular weight is 465 g/mol. The molecule has 0 amide bonds. The zero-order valence-corrected chi connectivity index (χ0v) is 19.7. The minimum absolute atomic E-state index is 0.0469. The summed E-state index contributed by atoms with van der Waals surface area (Å²) in [6.45, 7) is 3.88. The fraction of sp³-hybridized carbons (Fsp3) is 0.107. The standard InChI is InChI=1S/C28H20N2O3S/c1-15-10-16(2)30-26(11-15)29-23-13-22-25(14-21(23)28(30)32)34-24-12-18(6-9-20(24)27(22)31)17-4-7-19(33-3)8-5-17/h4-14H,1-3H3. The number of fused-ring (bicyclic) bond motifs is 4. The van der Waals surface area contributed by atoms with Gasteiger partial charge in [0.25, 0.3) is 5.56 Å². The molecule has 0 fully saturated rings. The van der Waals surface area contributed by atoms with E-state index in [1.165, 1.54) is 11.3 Å². The number of aromatic nitrogens is 2. The van der Waals surface area contributed by atoms with Gasteiger partial charge in [-0.2, -0.15) is 0 Å². The minimum atomic E-state index is -0.119. The van der Waals surface area contributed by atoms with Crippen molar-refractivity contribution in [1.29, 1.82) is 0 Å². The topological polar surface area (TPSA) is 60.7 Å². The van der Waals surface area contributed by atoms with Crippen molar-refractivity contribution in [1.82, 2.24) is 9.38 Å². The van der Waals surface area contributed by atoms with Crippen LogP contribution in [0.1, 0.15) is 11.3 Å². The summed E-state index contributed by atoms with van der Waals surface area (Å²) in [4.78, 5) is 31.5. The van der Waals surface area contributed by atoms with Crippen molar-refractivity contribution in [3.8, 4) is 16.9 Å². The van der Waals surface area contributed by atoms with Crippen molar-refractivity contribution in [2.45, 2.75) is 13.8 Å². The van der Waals surface area contributed by atoms with Gasteiger partial charge in [-0.3, -0.25) is 14.0 Å². The molecule has 0 aliphatic heterocycles. The number of benzene rings is 3. The predicted octanol–water partition coefficient (Wildman–Crippen LogP) is 5.87. The van der Waals surface area contributed by atoms with E-state index in [0.717, 1.165) is 37.5 Å². The average Bonchev–Trinajstić information content (AvgIpc) is 2.83. The maximum atomic E-state index is 13.4. The monoisotopic (exact) mass is 464 g/mol. The number of aryl methyl sites for hydroxylation is 2. The lowest BCUT2D eigenvalue weighted by molar-refractivity contribution is 0.415. The van der Waals surface area contributed by atoms with Crippen LogP contribution < -0.4 is 15.7 Å². The van der Waals surface area contributed by atoms with Crippen LogP contribution in [0.15, 0.2) is 76.3 Å². The maximum absolute atomic E-state index is 13.4. The fourth-order valence-electron chi connectivity index (χ4n) is 4.59. The predicted molar refractivity (Wildman–Crippen MR) is 140 cm³/mol. The molecule has 6 heteroatoms. The molecule has 0 aliphatic carbocycles. The largest absolute Gasteiger partial charge is 0.497 e. The molecule has 0 radical (unpaired) electrons. The van der Waals surface area contributed by atoms with Gasteiger partial charge in [0.05, 0.1) is 18.0 Å². The van der Waals surface area contributed by atoms with Gasteiger partial charge in [0.2, 0.25) is 0 Å². The second kappa shape index (κ2) is 7.50. The van der Waals surface area contributed by atoms with Crippen molar-refractivity contribution in [3.63, 3.8) is 0 Å². The number of nitrogens with zero attached hydrogens (tertiary/aromatic N) is 2. The Labute approximate surface area is 198 Å². The highest BCUT2D eigenvalue weighted by molar-refractivity contribution is 7.24. The van der Waals surface area contributed by atoms with Crippen molar-refractivity contribution >= 4 is 48.1 Å². The van der Waals surface area contributed by atoms with Crippen molar-refractivity contribution in [2.75, 3.05) is 7.11 Å². The van der Waals surface area contributed by atoms with Crippen LogP contribution in [-0.2, 0) is 0 Å². The molecule has 3 aromatic heterocycles. The molecule has 0 bridgehead atoms. The van der Waals surface area contributed by atoms with E-state index in [1.54, 1.807) is 17.6 Å².